The molecule has 1 amide bonds. The van der Waals surface area contributed by atoms with E-state index in [0.717, 1.165) is 37.2 Å². The Morgan fingerprint density at radius 3 is 2.67 bits per heavy atom. The van der Waals surface area contributed by atoms with Crippen molar-refractivity contribution in [3.63, 3.8) is 0 Å². The van der Waals surface area contributed by atoms with Crippen molar-refractivity contribution in [2.45, 2.75) is 13.0 Å². The largest absolute Gasteiger partial charge is 0.480 e. The fourth-order valence-electron chi connectivity index (χ4n) is 2.37. The molecule has 0 unspecified atom stereocenters. The maximum absolute atomic E-state index is 12.4. The molecule has 0 bridgehead atoms. The van der Waals surface area contributed by atoms with Gasteiger partial charge in [-0.15, -0.1) is 6.58 Å². The first-order valence-electron chi connectivity index (χ1n) is 7.15. The second kappa shape index (κ2) is 7.61. The molecule has 1 atom stereocenters. The highest BCUT2D eigenvalue weighted by Gasteiger charge is 2.25. The molecule has 0 radical (unpaired) electrons. The lowest BCUT2D eigenvalue weighted by molar-refractivity contribution is -0.139. The molecule has 114 valence electrons. The van der Waals surface area contributed by atoms with Crippen LogP contribution in [0.4, 0.5) is 0 Å². The molecule has 5 heteroatoms. The molecule has 0 aliphatic carbocycles. The van der Waals surface area contributed by atoms with E-state index in [2.05, 4.69) is 27.4 Å². The van der Waals surface area contributed by atoms with E-state index in [1.54, 1.807) is 6.92 Å². The lowest BCUT2D eigenvalue weighted by Gasteiger charge is -2.35. The van der Waals surface area contributed by atoms with Crippen molar-refractivity contribution < 1.29 is 9.53 Å². The van der Waals surface area contributed by atoms with E-state index in [4.69, 9.17) is 4.74 Å². The standard InChI is InChI=1S/C16H21BrN2O2/c1-3-8-18-9-11-19(12-10-18)16(20)13(2)21-15-7-5-4-6-14(15)17/h3-7,13H,1,8-12H2,2H3/t13-/m1/s1. The Labute approximate surface area is 134 Å². The number of hydrogen-bond donors (Lipinski definition) is 0. The first-order valence-corrected chi connectivity index (χ1v) is 7.94. The number of carbonyl (C=O) groups excluding carboxylic acids is 1. The van der Waals surface area contributed by atoms with Crippen LogP contribution >= 0.6 is 15.9 Å². The number of para-hydroxylation sites is 1. The van der Waals surface area contributed by atoms with Gasteiger partial charge in [0.1, 0.15) is 5.75 Å². The van der Waals surface area contributed by atoms with Gasteiger partial charge in [-0.2, -0.15) is 0 Å². The van der Waals surface area contributed by atoms with Gasteiger partial charge in [0.05, 0.1) is 4.47 Å². The van der Waals surface area contributed by atoms with Crippen LogP contribution in [0.25, 0.3) is 0 Å². The molecular weight excluding hydrogens is 332 g/mol. The highest BCUT2D eigenvalue weighted by Crippen LogP contribution is 2.25. The predicted octanol–water partition coefficient (Wildman–Crippen LogP) is 2.55. The molecule has 0 saturated carbocycles. The summed E-state index contributed by atoms with van der Waals surface area (Å²) < 4.78 is 6.63. The van der Waals surface area contributed by atoms with Crippen LogP contribution in [0.15, 0.2) is 41.4 Å². The molecule has 0 N–H and O–H groups in total. The molecule has 2 rings (SSSR count). The Morgan fingerprint density at radius 2 is 2.05 bits per heavy atom. The van der Waals surface area contributed by atoms with Crippen molar-refractivity contribution in [1.82, 2.24) is 9.80 Å². The van der Waals surface area contributed by atoms with Crippen LogP contribution in [-0.2, 0) is 4.79 Å². The molecule has 4 nitrogen and oxygen atoms in total. The molecule has 1 aliphatic heterocycles. The van der Waals surface area contributed by atoms with Gasteiger partial charge in [-0.3, -0.25) is 9.69 Å². The molecule has 1 aromatic carbocycles. The highest BCUT2D eigenvalue weighted by molar-refractivity contribution is 9.10. The quantitative estimate of drug-likeness (QED) is 0.763. The van der Waals surface area contributed by atoms with Gasteiger partial charge in [0.2, 0.25) is 0 Å². The van der Waals surface area contributed by atoms with Crippen LogP contribution in [0.1, 0.15) is 6.92 Å². The summed E-state index contributed by atoms with van der Waals surface area (Å²) in [4.78, 5) is 16.6. The van der Waals surface area contributed by atoms with Crippen molar-refractivity contribution in [2.75, 3.05) is 32.7 Å². The number of piperazine rings is 1. The van der Waals surface area contributed by atoms with Gasteiger partial charge >= 0.3 is 0 Å². The molecule has 0 aromatic heterocycles. The van der Waals surface area contributed by atoms with Crippen LogP contribution in [-0.4, -0.2) is 54.5 Å². The summed E-state index contributed by atoms with van der Waals surface area (Å²) in [5.41, 5.74) is 0. The van der Waals surface area contributed by atoms with Gasteiger partial charge in [0.25, 0.3) is 5.91 Å². The monoisotopic (exact) mass is 352 g/mol. The van der Waals surface area contributed by atoms with Crippen LogP contribution in [0.3, 0.4) is 0 Å². The zero-order chi connectivity index (χ0) is 15.2. The summed E-state index contributed by atoms with van der Waals surface area (Å²) in [5, 5.41) is 0. The summed E-state index contributed by atoms with van der Waals surface area (Å²) in [6.07, 6.45) is 1.42. The maximum atomic E-state index is 12.4. The average molecular weight is 353 g/mol. The fraction of sp³-hybridized carbons (Fsp3) is 0.438. The van der Waals surface area contributed by atoms with Crippen molar-refractivity contribution in [2.24, 2.45) is 0 Å². The zero-order valence-electron chi connectivity index (χ0n) is 12.3. The van der Waals surface area contributed by atoms with Crippen molar-refractivity contribution >= 4 is 21.8 Å². The summed E-state index contributed by atoms with van der Waals surface area (Å²) in [6, 6.07) is 7.57. The van der Waals surface area contributed by atoms with Crippen molar-refractivity contribution in [3.05, 3.63) is 41.4 Å². The van der Waals surface area contributed by atoms with E-state index in [1.807, 2.05) is 35.2 Å². The summed E-state index contributed by atoms with van der Waals surface area (Å²) in [6.45, 7) is 9.70. The normalized spacial score (nSPS) is 17.3. The van der Waals surface area contributed by atoms with Crippen LogP contribution in [0.2, 0.25) is 0 Å². The van der Waals surface area contributed by atoms with Gasteiger partial charge in [0, 0.05) is 32.7 Å². The Hall–Kier alpha value is -1.33. The average Bonchev–Trinajstić information content (AvgIpc) is 2.50. The predicted molar refractivity (Wildman–Crippen MR) is 87.4 cm³/mol. The Morgan fingerprint density at radius 1 is 1.38 bits per heavy atom. The lowest BCUT2D eigenvalue weighted by atomic mass is 10.2. The van der Waals surface area contributed by atoms with E-state index in [-0.39, 0.29) is 5.91 Å². The molecule has 1 aromatic rings. The minimum atomic E-state index is -0.477. The van der Waals surface area contributed by atoms with Gasteiger partial charge in [-0.25, -0.2) is 0 Å². The number of halogens is 1. The molecule has 1 aliphatic rings. The van der Waals surface area contributed by atoms with Crippen LogP contribution in [0, 0.1) is 0 Å². The van der Waals surface area contributed by atoms with Crippen molar-refractivity contribution in [3.8, 4) is 5.75 Å². The SMILES string of the molecule is C=CCN1CCN(C(=O)[C@@H](C)Oc2ccccc2Br)CC1. The molecular formula is C16H21BrN2O2. The molecule has 1 fully saturated rings. The summed E-state index contributed by atoms with van der Waals surface area (Å²) in [7, 11) is 0. The molecule has 1 saturated heterocycles. The van der Waals surface area contributed by atoms with Gasteiger partial charge in [-0.1, -0.05) is 18.2 Å². The number of amides is 1. The van der Waals surface area contributed by atoms with E-state index >= 15 is 0 Å². The maximum Gasteiger partial charge on any atom is 0.263 e. The molecule has 21 heavy (non-hydrogen) atoms. The number of hydrogen-bond acceptors (Lipinski definition) is 3. The Kier molecular flexibility index (Phi) is 5.82. The Balaban J connectivity index is 1.88. The molecule has 1 heterocycles. The van der Waals surface area contributed by atoms with E-state index in [9.17, 15) is 4.79 Å². The topological polar surface area (TPSA) is 32.8 Å². The number of rotatable bonds is 5. The van der Waals surface area contributed by atoms with Gasteiger partial charge in [0.15, 0.2) is 6.10 Å². The lowest BCUT2D eigenvalue weighted by Crippen LogP contribution is -2.51. The van der Waals surface area contributed by atoms with Crippen LogP contribution in [0.5, 0.6) is 5.75 Å². The fourth-order valence-corrected chi connectivity index (χ4v) is 2.75. The van der Waals surface area contributed by atoms with Crippen LogP contribution < -0.4 is 4.74 Å². The summed E-state index contributed by atoms with van der Waals surface area (Å²) >= 11 is 3.43. The zero-order valence-corrected chi connectivity index (χ0v) is 13.9. The van der Waals surface area contributed by atoms with Gasteiger partial charge in [-0.05, 0) is 35.0 Å². The third kappa shape index (κ3) is 4.32. The minimum Gasteiger partial charge on any atom is -0.480 e. The first-order chi connectivity index (χ1) is 10.1. The smallest absolute Gasteiger partial charge is 0.263 e. The highest BCUT2D eigenvalue weighted by atomic mass is 79.9. The minimum absolute atomic E-state index is 0.0454. The molecule has 0 spiro atoms. The third-order valence-corrected chi connectivity index (χ3v) is 4.21. The van der Waals surface area contributed by atoms with Gasteiger partial charge < -0.3 is 9.64 Å². The second-order valence-electron chi connectivity index (χ2n) is 5.11. The number of nitrogens with zero attached hydrogens (tertiary/aromatic N) is 2. The third-order valence-electron chi connectivity index (χ3n) is 3.56. The van der Waals surface area contributed by atoms with E-state index in [0.29, 0.717) is 5.75 Å². The van der Waals surface area contributed by atoms with E-state index in [1.165, 1.54) is 0 Å². The summed E-state index contributed by atoms with van der Waals surface area (Å²) in [5.74, 6) is 0.743. The first kappa shape index (κ1) is 16.0. The number of ether oxygens (including phenoxy) is 1. The van der Waals surface area contributed by atoms with E-state index < -0.39 is 6.10 Å². The van der Waals surface area contributed by atoms with Crippen molar-refractivity contribution in [1.29, 1.82) is 0 Å². The number of benzene rings is 1. The number of carbonyl (C=O) groups is 1. The Bertz CT molecular complexity index is 499. The second-order valence-corrected chi connectivity index (χ2v) is 5.96.